The maximum atomic E-state index is 5.09. The van der Waals surface area contributed by atoms with Crippen LogP contribution in [-0.4, -0.2) is 19.7 Å². The monoisotopic (exact) mass is 154 g/mol. The van der Waals surface area contributed by atoms with Gasteiger partial charge in [-0.1, -0.05) is 12.7 Å². The van der Waals surface area contributed by atoms with Crippen molar-refractivity contribution in [1.82, 2.24) is 5.32 Å². The van der Waals surface area contributed by atoms with Crippen molar-refractivity contribution < 1.29 is 4.74 Å². The molecule has 0 aliphatic carbocycles. The molecule has 0 unspecified atom stereocenters. The van der Waals surface area contributed by atoms with Gasteiger partial charge in [0.15, 0.2) is 0 Å². The number of amidine groups is 1. The van der Waals surface area contributed by atoms with Crippen LogP contribution in [0, 0.1) is 0 Å². The van der Waals surface area contributed by atoms with Crippen LogP contribution < -0.4 is 5.32 Å². The van der Waals surface area contributed by atoms with Crippen molar-refractivity contribution in [3.05, 3.63) is 24.9 Å². The zero-order chi connectivity index (χ0) is 8.53. The lowest BCUT2D eigenvalue weighted by Gasteiger charge is -2.03. The summed E-state index contributed by atoms with van der Waals surface area (Å²) in [6.07, 6.45) is 5.15. The van der Waals surface area contributed by atoms with E-state index in [2.05, 4.69) is 16.9 Å². The highest BCUT2D eigenvalue weighted by Gasteiger charge is 1.89. The average molecular weight is 154 g/mol. The summed E-state index contributed by atoms with van der Waals surface area (Å²) in [6, 6.07) is 0.519. The van der Waals surface area contributed by atoms with E-state index >= 15 is 0 Å². The van der Waals surface area contributed by atoms with E-state index in [-0.39, 0.29) is 0 Å². The standard InChI is InChI=1S/C8H14N2O/c1-4-6-7-10-8(9-3)11-5-2/h4,6-7H,1,5H2,2-3H3,(H,9,10)/b7-6+. The average Bonchev–Trinajstić information content (AvgIpc) is 2.03. The van der Waals surface area contributed by atoms with Crippen molar-refractivity contribution in [3.63, 3.8) is 0 Å². The third kappa shape index (κ3) is 5.21. The summed E-state index contributed by atoms with van der Waals surface area (Å²) in [5.74, 6) is 0. The van der Waals surface area contributed by atoms with E-state index in [0.717, 1.165) is 0 Å². The van der Waals surface area contributed by atoms with Crippen molar-refractivity contribution in [1.29, 1.82) is 0 Å². The Kier molecular flexibility index (Phi) is 6.08. The third-order valence-corrected chi connectivity index (χ3v) is 0.923. The second-order valence-electron chi connectivity index (χ2n) is 1.70. The Labute approximate surface area is 67.5 Å². The van der Waals surface area contributed by atoms with Crippen LogP contribution in [0.1, 0.15) is 6.92 Å². The molecule has 0 saturated heterocycles. The van der Waals surface area contributed by atoms with Crippen LogP contribution >= 0.6 is 0 Å². The van der Waals surface area contributed by atoms with E-state index in [4.69, 9.17) is 4.74 Å². The highest BCUT2D eigenvalue weighted by molar-refractivity contribution is 5.74. The Hall–Kier alpha value is -1.25. The van der Waals surface area contributed by atoms with Crippen molar-refractivity contribution in [2.24, 2.45) is 4.99 Å². The van der Waals surface area contributed by atoms with Gasteiger partial charge >= 0.3 is 0 Å². The van der Waals surface area contributed by atoms with Gasteiger partial charge in [0.2, 0.25) is 0 Å². The first-order valence-corrected chi connectivity index (χ1v) is 3.48. The van der Waals surface area contributed by atoms with Crippen LogP contribution in [0.15, 0.2) is 29.9 Å². The van der Waals surface area contributed by atoms with E-state index < -0.39 is 0 Å². The van der Waals surface area contributed by atoms with Crippen LogP contribution in [0.3, 0.4) is 0 Å². The van der Waals surface area contributed by atoms with Gasteiger partial charge in [-0.2, -0.15) is 0 Å². The molecule has 0 heterocycles. The van der Waals surface area contributed by atoms with Gasteiger partial charge in [0.25, 0.3) is 6.02 Å². The Morgan fingerprint density at radius 2 is 2.45 bits per heavy atom. The number of hydrogen-bond donors (Lipinski definition) is 1. The lowest BCUT2D eigenvalue weighted by molar-refractivity contribution is 0.314. The summed E-state index contributed by atoms with van der Waals surface area (Å²) >= 11 is 0. The predicted octanol–water partition coefficient (Wildman–Crippen LogP) is 1.30. The van der Waals surface area contributed by atoms with Crippen molar-refractivity contribution in [2.75, 3.05) is 13.7 Å². The first kappa shape index (κ1) is 9.75. The van der Waals surface area contributed by atoms with E-state index in [1.807, 2.05) is 6.92 Å². The van der Waals surface area contributed by atoms with Gasteiger partial charge in [0.05, 0.1) is 6.61 Å². The molecule has 0 spiro atoms. The van der Waals surface area contributed by atoms with Crippen LogP contribution in [0.4, 0.5) is 0 Å². The van der Waals surface area contributed by atoms with Gasteiger partial charge in [-0.25, -0.2) is 4.99 Å². The fraction of sp³-hybridized carbons (Fsp3) is 0.375. The normalized spacial score (nSPS) is 11.6. The first-order valence-electron chi connectivity index (χ1n) is 3.48. The molecule has 11 heavy (non-hydrogen) atoms. The first-order chi connectivity index (χ1) is 5.35. The summed E-state index contributed by atoms with van der Waals surface area (Å²) in [6.45, 7) is 6.04. The van der Waals surface area contributed by atoms with Gasteiger partial charge in [-0.15, -0.1) is 0 Å². The third-order valence-electron chi connectivity index (χ3n) is 0.923. The molecule has 0 rings (SSSR count). The quantitative estimate of drug-likeness (QED) is 0.377. The summed E-state index contributed by atoms with van der Waals surface area (Å²) in [5, 5.41) is 2.85. The topological polar surface area (TPSA) is 33.6 Å². The molecule has 0 aliphatic heterocycles. The molecule has 0 saturated carbocycles. The molecule has 0 amide bonds. The van der Waals surface area contributed by atoms with Crippen molar-refractivity contribution >= 4 is 6.02 Å². The number of nitrogens with zero attached hydrogens (tertiary/aromatic N) is 1. The van der Waals surface area contributed by atoms with Crippen LogP contribution in [0.5, 0.6) is 0 Å². The van der Waals surface area contributed by atoms with Gasteiger partial charge in [-0.05, 0) is 13.0 Å². The maximum Gasteiger partial charge on any atom is 0.288 e. The zero-order valence-electron chi connectivity index (χ0n) is 7.00. The van der Waals surface area contributed by atoms with E-state index in [1.165, 1.54) is 0 Å². The summed E-state index contributed by atoms with van der Waals surface area (Å²) in [7, 11) is 1.67. The van der Waals surface area contributed by atoms with Crippen molar-refractivity contribution in [3.8, 4) is 0 Å². The second kappa shape index (κ2) is 6.86. The number of hydrogen-bond acceptors (Lipinski definition) is 2. The molecule has 0 radical (unpaired) electrons. The van der Waals surface area contributed by atoms with Crippen LogP contribution in [0.25, 0.3) is 0 Å². The second-order valence-corrected chi connectivity index (χ2v) is 1.70. The molecule has 0 bridgehead atoms. The summed E-state index contributed by atoms with van der Waals surface area (Å²) < 4.78 is 5.09. The lowest BCUT2D eigenvalue weighted by Crippen LogP contribution is -2.20. The number of aliphatic imine (C=N–C) groups is 1. The molecule has 3 nitrogen and oxygen atoms in total. The number of rotatable bonds is 3. The van der Waals surface area contributed by atoms with Gasteiger partial charge < -0.3 is 10.1 Å². The molecule has 0 fully saturated rings. The maximum absolute atomic E-state index is 5.09. The Morgan fingerprint density at radius 3 is 2.91 bits per heavy atom. The van der Waals surface area contributed by atoms with Crippen molar-refractivity contribution in [2.45, 2.75) is 6.92 Å². The minimum Gasteiger partial charge on any atom is -0.465 e. The molecule has 3 heteroatoms. The minimum atomic E-state index is 0.519. The molecule has 0 aliphatic rings. The molecule has 0 atom stereocenters. The highest BCUT2D eigenvalue weighted by atomic mass is 16.5. The van der Waals surface area contributed by atoms with Gasteiger partial charge in [0, 0.05) is 13.2 Å². The molecular weight excluding hydrogens is 140 g/mol. The number of allylic oxidation sites excluding steroid dienone is 2. The van der Waals surface area contributed by atoms with E-state index in [0.29, 0.717) is 12.6 Å². The molecule has 0 aromatic rings. The van der Waals surface area contributed by atoms with E-state index in [9.17, 15) is 0 Å². The highest BCUT2D eigenvalue weighted by Crippen LogP contribution is 1.77. The molecule has 1 N–H and O–H groups in total. The molecule has 62 valence electrons. The number of ether oxygens (including phenoxy) is 1. The van der Waals surface area contributed by atoms with Crippen LogP contribution in [0.2, 0.25) is 0 Å². The fourth-order valence-electron chi connectivity index (χ4n) is 0.495. The summed E-state index contributed by atoms with van der Waals surface area (Å²) in [4.78, 5) is 3.85. The largest absolute Gasteiger partial charge is 0.465 e. The Bertz CT molecular complexity index is 161. The SMILES string of the molecule is C=C/C=C/N/C(=N\C)OCC. The Balaban J connectivity index is 3.70. The molecule has 0 aromatic carbocycles. The van der Waals surface area contributed by atoms with Gasteiger partial charge in [0.1, 0.15) is 0 Å². The van der Waals surface area contributed by atoms with Gasteiger partial charge in [-0.3, -0.25) is 0 Å². The minimum absolute atomic E-state index is 0.519. The smallest absolute Gasteiger partial charge is 0.288 e. The Morgan fingerprint density at radius 1 is 1.73 bits per heavy atom. The predicted molar refractivity (Wildman–Crippen MR) is 47.5 cm³/mol. The van der Waals surface area contributed by atoms with E-state index in [1.54, 1.807) is 25.4 Å². The fourth-order valence-corrected chi connectivity index (χ4v) is 0.495. The molecular formula is C8H14N2O. The lowest BCUT2D eigenvalue weighted by atomic mass is 10.6. The van der Waals surface area contributed by atoms with Crippen LogP contribution in [-0.2, 0) is 4.74 Å². The number of nitrogens with one attached hydrogen (secondary N) is 1. The summed E-state index contributed by atoms with van der Waals surface area (Å²) in [5.41, 5.74) is 0. The molecule has 0 aromatic heterocycles. The zero-order valence-corrected chi connectivity index (χ0v) is 7.00.